The molecule has 0 aliphatic carbocycles. The maximum Gasteiger partial charge on any atom is 0.343 e. The average molecular weight is 511 g/mol. The number of esters is 1. The van der Waals surface area contributed by atoms with E-state index in [9.17, 15) is 4.79 Å². The Bertz CT molecular complexity index is 1220. The molecule has 2 aromatic carbocycles. The van der Waals surface area contributed by atoms with E-state index < -0.39 is 12.1 Å². The molecular weight excluding hydrogens is 476 g/mol. The lowest BCUT2D eigenvalue weighted by Crippen LogP contribution is -2.37. The van der Waals surface area contributed by atoms with Gasteiger partial charge in [-0.25, -0.2) is 4.79 Å². The number of methoxy groups -OCH3 is 3. The molecule has 37 heavy (non-hydrogen) atoms. The SMILES string of the molecule is COc1ccc2c(c1OC)C(=O)O[C@@H]2[C@H]1c2c(c(CN3CCCCC3)c3c(c2OC)OCO3)CCN1C. The predicted octanol–water partition coefficient (Wildman–Crippen LogP) is 3.87. The molecule has 0 saturated carbocycles. The summed E-state index contributed by atoms with van der Waals surface area (Å²) in [6.07, 6.45) is 4.01. The van der Waals surface area contributed by atoms with Crippen LogP contribution in [0.1, 0.15) is 64.0 Å². The van der Waals surface area contributed by atoms with E-state index in [1.54, 1.807) is 14.2 Å². The number of likely N-dealkylation sites (tertiary alicyclic amines) is 1. The molecule has 0 spiro atoms. The van der Waals surface area contributed by atoms with E-state index in [4.69, 9.17) is 28.4 Å². The zero-order chi connectivity index (χ0) is 25.7. The summed E-state index contributed by atoms with van der Waals surface area (Å²) in [5.74, 6) is 2.58. The summed E-state index contributed by atoms with van der Waals surface area (Å²) < 4.78 is 35.2. The van der Waals surface area contributed by atoms with Crippen LogP contribution in [-0.2, 0) is 17.7 Å². The van der Waals surface area contributed by atoms with Crippen molar-refractivity contribution in [3.63, 3.8) is 0 Å². The standard InChI is InChI=1S/C28H34N2O7/c1-29-13-10-16-18(14-30-11-6-5-7-12-30)24-27(36-15-35-24)26(34-4)20(16)22(29)23-17-8-9-19(32-2)25(33-3)21(17)28(31)37-23/h8-9,22-23H,5-7,10-15H2,1-4H3/t22-,23+/m1/s1. The van der Waals surface area contributed by atoms with Gasteiger partial charge in [0.1, 0.15) is 11.7 Å². The van der Waals surface area contributed by atoms with E-state index in [2.05, 4.69) is 16.8 Å². The van der Waals surface area contributed by atoms with Crippen LogP contribution in [0.2, 0.25) is 0 Å². The van der Waals surface area contributed by atoms with Gasteiger partial charge in [-0.3, -0.25) is 9.80 Å². The fraction of sp³-hybridized carbons (Fsp3) is 0.536. The van der Waals surface area contributed by atoms with Gasteiger partial charge in [-0.05, 0) is 51.0 Å². The number of cyclic esters (lactones) is 1. The van der Waals surface area contributed by atoms with Crippen molar-refractivity contribution in [3.8, 4) is 28.7 Å². The lowest BCUT2D eigenvalue weighted by atomic mass is 9.82. The number of carbonyl (C=O) groups is 1. The summed E-state index contributed by atoms with van der Waals surface area (Å²) in [4.78, 5) is 17.9. The minimum absolute atomic E-state index is 0.167. The molecule has 0 radical (unpaired) electrons. The Labute approximate surface area is 217 Å². The first-order valence-corrected chi connectivity index (χ1v) is 13.0. The van der Waals surface area contributed by atoms with Gasteiger partial charge in [-0.2, -0.15) is 0 Å². The highest BCUT2D eigenvalue weighted by Crippen LogP contribution is 2.57. The van der Waals surface area contributed by atoms with Gasteiger partial charge in [-0.15, -0.1) is 0 Å². The molecule has 4 heterocycles. The van der Waals surface area contributed by atoms with Crippen molar-refractivity contribution >= 4 is 5.97 Å². The van der Waals surface area contributed by atoms with Crippen molar-refractivity contribution in [2.75, 3.05) is 54.8 Å². The Morgan fingerprint density at radius 1 is 0.946 bits per heavy atom. The Kier molecular flexibility index (Phi) is 6.28. The summed E-state index contributed by atoms with van der Waals surface area (Å²) >= 11 is 0. The number of hydrogen-bond acceptors (Lipinski definition) is 9. The van der Waals surface area contributed by atoms with E-state index in [-0.39, 0.29) is 12.8 Å². The van der Waals surface area contributed by atoms with Gasteiger partial charge in [0.05, 0.1) is 27.4 Å². The number of likely N-dealkylation sites (N-methyl/N-ethyl adjacent to an activating group) is 1. The van der Waals surface area contributed by atoms with Crippen molar-refractivity contribution < 1.29 is 33.2 Å². The first-order valence-electron chi connectivity index (χ1n) is 13.0. The molecule has 1 saturated heterocycles. The average Bonchev–Trinajstić information content (AvgIpc) is 3.53. The lowest BCUT2D eigenvalue weighted by Gasteiger charge is -2.40. The Morgan fingerprint density at radius 3 is 2.43 bits per heavy atom. The highest BCUT2D eigenvalue weighted by atomic mass is 16.7. The maximum atomic E-state index is 13.2. The third-order valence-electron chi connectivity index (χ3n) is 8.16. The van der Waals surface area contributed by atoms with E-state index in [0.717, 1.165) is 49.5 Å². The largest absolute Gasteiger partial charge is 0.493 e. The van der Waals surface area contributed by atoms with Crippen molar-refractivity contribution in [1.29, 1.82) is 0 Å². The van der Waals surface area contributed by atoms with Crippen LogP contribution in [0.3, 0.4) is 0 Å². The van der Waals surface area contributed by atoms with Gasteiger partial charge in [0.15, 0.2) is 23.0 Å². The van der Waals surface area contributed by atoms with Gasteiger partial charge in [0.25, 0.3) is 0 Å². The van der Waals surface area contributed by atoms with Crippen molar-refractivity contribution in [3.05, 3.63) is 39.9 Å². The van der Waals surface area contributed by atoms with Crippen LogP contribution in [0, 0.1) is 0 Å². The molecule has 2 atom stereocenters. The van der Waals surface area contributed by atoms with Gasteiger partial charge in [-0.1, -0.05) is 12.5 Å². The minimum atomic E-state index is -0.538. The summed E-state index contributed by atoms with van der Waals surface area (Å²) in [6, 6.07) is 3.47. The first-order chi connectivity index (χ1) is 18.1. The molecule has 0 N–H and O–H groups in total. The Balaban J connectivity index is 1.51. The summed E-state index contributed by atoms with van der Waals surface area (Å²) in [5, 5.41) is 0. The maximum absolute atomic E-state index is 13.2. The molecule has 1 fully saturated rings. The molecule has 4 aliphatic rings. The molecular formula is C28H34N2O7. The highest BCUT2D eigenvalue weighted by Gasteiger charge is 2.47. The van der Waals surface area contributed by atoms with Crippen LogP contribution in [0.15, 0.2) is 12.1 Å². The molecule has 4 aliphatic heterocycles. The molecule has 9 heteroatoms. The molecule has 198 valence electrons. The quantitative estimate of drug-likeness (QED) is 0.538. The third kappa shape index (κ3) is 3.78. The summed E-state index contributed by atoms with van der Waals surface area (Å²) in [6.45, 7) is 3.94. The molecule has 0 aromatic heterocycles. The number of fused-ring (bicyclic) bond motifs is 3. The van der Waals surface area contributed by atoms with E-state index in [1.807, 2.05) is 12.1 Å². The number of piperidine rings is 1. The number of ether oxygens (including phenoxy) is 6. The van der Waals surface area contributed by atoms with Gasteiger partial charge in [0, 0.05) is 29.8 Å². The van der Waals surface area contributed by atoms with Gasteiger partial charge in [0.2, 0.25) is 12.5 Å². The topological polar surface area (TPSA) is 78.9 Å². The predicted molar refractivity (Wildman–Crippen MR) is 135 cm³/mol. The lowest BCUT2D eigenvalue weighted by molar-refractivity contribution is 0.00864. The van der Waals surface area contributed by atoms with Crippen molar-refractivity contribution in [2.24, 2.45) is 0 Å². The molecule has 0 amide bonds. The fourth-order valence-electron chi connectivity index (χ4n) is 6.43. The van der Waals surface area contributed by atoms with E-state index in [0.29, 0.717) is 28.6 Å². The molecule has 2 aromatic rings. The fourth-order valence-corrected chi connectivity index (χ4v) is 6.43. The zero-order valence-electron chi connectivity index (χ0n) is 21.9. The smallest absolute Gasteiger partial charge is 0.343 e. The monoisotopic (exact) mass is 510 g/mol. The van der Waals surface area contributed by atoms with Crippen molar-refractivity contribution in [1.82, 2.24) is 9.80 Å². The Morgan fingerprint density at radius 2 is 1.70 bits per heavy atom. The first kappa shape index (κ1) is 24.2. The molecule has 6 rings (SSSR count). The van der Waals surface area contributed by atoms with E-state index >= 15 is 0 Å². The third-order valence-corrected chi connectivity index (χ3v) is 8.16. The highest BCUT2D eigenvalue weighted by molar-refractivity contribution is 5.98. The number of benzene rings is 2. The van der Waals surface area contributed by atoms with Crippen LogP contribution in [0.4, 0.5) is 0 Å². The van der Waals surface area contributed by atoms with Crippen LogP contribution in [-0.4, -0.2) is 70.6 Å². The molecule has 0 bridgehead atoms. The molecule has 9 nitrogen and oxygen atoms in total. The van der Waals surface area contributed by atoms with E-state index in [1.165, 1.54) is 37.5 Å². The second-order valence-corrected chi connectivity index (χ2v) is 10.1. The summed E-state index contributed by atoms with van der Waals surface area (Å²) in [7, 11) is 6.83. The second-order valence-electron chi connectivity index (χ2n) is 10.1. The Hall–Kier alpha value is -3.17. The number of rotatable bonds is 6. The normalized spacial score (nSPS) is 22.9. The molecule has 0 unspecified atom stereocenters. The summed E-state index contributed by atoms with van der Waals surface area (Å²) in [5.41, 5.74) is 4.58. The van der Waals surface area contributed by atoms with Crippen LogP contribution in [0.5, 0.6) is 28.7 Å². The minimum Gasteiger partial charge on any atom is -0.493 e. The number of hydrogen-bond donors (Lipinski definition) is 0. The number of nitrogens with zero attached hydrogens (tertiary/aromatic N) is 2. The van der Waals surface area contributed by atoms with Crippen LogP contribution in [0.25, 0.3) is 0 Å². The zero-order valence-corrected chi connectivity index (χ0v) is 21.9. The van der Waals surface area contributed by atoms with Crippen LogP contribution < -0.4 is 23.7 Å². The van der Waals surface area contributed by atoms with Crippen molar-refractivity contribution in [2.45, 2.75) is 44.4 Å². The number of carbonyl (C=O) groups excluding carboxylic acids is 1. The van der Waals surface area contributed by atoms with Crippen LogP contribution >= 0.6 is 0 Å². The second kappa shape index (κ2) is 9.61. The van der Waals surface area contributed by atoms with Gasteiger partial charge < -0.3 is 28.4 Å². The van der Waals surface area contributed by atoms with Gasteiger partial charge >= 0.3 is 5.97 Å².